The summed E-state index contributed by atoms with van der Waals surface area (Å²) in [4.78, 5) is 38.3. The summed E-state index contributed by atoms with van der Waals surface area (Å²) in [6.45, 7) is 3.11. The van der Waals surface area contributed by atoms with E-state index in [1.807, 2.05) is 0 Å². The van der Waals surface area contributed by atoms with Crippen molar-refractivity contribution in [3.05, 3.63) is 29.3 Å². The summed E-state index contributed by atoms with van der Waals surface area (Å²) >= 11 is 5.82. The summed E-state index contributed by atoms with van der Waals surface area (Å²) in [7, 11) is 0. The van der Waals surface area contributed by atoms with E-state index < -0.39 is 11.8 Å². The molecule has 21 heavy (non-hydrogen) atoms. The smallest absolute Gasteiger partial charge is 0.313 e. The second-order valence-electron chi connectivity index (χ2n) is 4.76. The van der Waals surface area contributed by atoms with Gasteiger partial charge in [-0.2, -0.15) is 0 Å². The molecule has 0 aliphatic carbocycles. The molecule has 2 rings (SSSR count). The Morgan fingerprint density at radius 3 is 2.29 bits per heavy atom. The number of anilines is 1. The number of nitrogens with one attached hydrogen (secondary N) is 1. The second-order valence-corrected chi connectivity index (χ2v) is 5.20. The van der Waals surface area contributed by atoms with Gasteiger partial charge in [-0.15, -0.1) is 0 Å². The molecule has 112 valence electrons. The van der Waals surface area contributed by atoms with Crippen molar-refractivity contribution < 1.29 is 14.4 Å². The molecular weight excluding hydrogens is 294 g/mol. The minimum Gasteiger partial charge on any atom is -0.339 e. The lowest BCUT2D eigenvalue weighted by Crippen LogP contribution is -2.52. The zero-order valence-corrected chi connectivity index (χ0v) is 12.4. The first-order valence-corrected chi connectivity index (χ1v) is 6.96. The number of hydrogen-bond donors (Lipinski definition) is 1. The fourth-order valence-corrected chi connectivity index (χ4v) is 2.31. The Morgan fingerprint density at radius 1 is 1.10 bits per heavy atom. The lowest BCUT2D eigenvalue weighted by atomic mass is 10.3. The van der Waals surface area contributed by atoms with Gasteiger partial charge in [0.1, 0.15) is 0 Å². The molecule has 1 N–H and O–H groups in total. The zero-order valence-electron chi connectivity index (χ0n) is 11.6. The normalized spacial score (nSPS) is 14.8. The quantitative estimate of drug-likeness (QED) is 0.786. The third-order valence-corrected chi connectivity index (χ3v) is 3.52. The molecule has 0 atom stereocenters. The third kappa shape index (κ3) is 3.95. The molecule has 1 aromatic carbocycles. The maximum atomic E-state index is 12.0. The number of carbonyl (C=O) groups is 3. The Kier molecular flexibility index (Phi) is 4.80. The van der Waals surface area contributed by atoms with E-state index >= 15 is 0 Å². The predicted octanol–water partition coefficient (Wildman–Crippen LogP) is 0.969. The molecule has 6 nitrogen and oxygen atoms in total. The number of nitrogens with zero attached hydrogens (tertiary/aromatic N) is 2. The molecule has 1 fully saturated rings. The third-order valence-electron chi connectivity index (χ3n) is 3.29. The number of hydrogen-bond acceptors (Lipinski definition) is 3. The van der Waals surface area contributed by atoms with Crippen LogP contribution in [0.25, 0.3) is 0 Å². The van der Waals surface area contributed by atoms with Crippen LogP contribution in [0, 0.1) is 0 Å². The molecule has 1 heterocycles. The van der Waals surface area contributed by atoms with Crippen LogP contribution in [0.4, 0.5) is 5.69 Å². The SMILES string of the molecule is CC(=O)N1CCN(C(=O)C(=O)Nc2cccc(Cl)c2)CC1. The Bertz CT molecular complexity index is 568. The van der Waals surface area contributed by atoms with Crippen molar-refractivity contribution in [2.75, 3.05) is 31.5 Å². The van der Waals surface area contributed by atoms with Crippen molar-refractivity contribution in [2.24, 2.45) is 0 Å². The first kappa shape index (κ1) is 15.3. The van der Waals surface area contributed by atoms with Crippen LogP contribution in [-0.2, 0) is 14.4 Å². The van der Waals surface area contributed by atoms with Crippen LogP contribution in [0.15, 0.2) is 24.3 Å². The molecule has 3 amide bonds. The molecule has 1 aliphatic rings. The van der Waals surface area contributed by atoms with Gasteiger partial charge in [0, 0.05) is 43.8 Å². The summed E-state index contributed by atoms with van der Waals surface area (Å²) in [5.41, 5.74) is 0.475. The molecule has 0 bridgehead atoms. The van der Waals surface area contributed by atoms with Crippen molar-refractivity contribution in [1.82, 2.24) is 9.80 Å². The van der Waals surface area contributed by atoms with Crippen molar-refractivity contribution >= 4 is 35.0 Å². The van der Waals surface area contributed by atoms with Gasteiger partial charge in [0.05, 0.1) is 0 Å². The first-order valence-electron chi connectivity index (χ1n) is 6.58. The van der Waals surface area contributed by atoms with Gasteiger partial charge in [-0.3, -0.25) is 14.4 Å². The number of rotatable bonds is 1. The van der Waals surface area contributed by atoms with Crippen molar-refractivity contribution in [2.45, 2.75) is 6.92 Å². The molecule has 0 saturated carbocycles. The Hall–Kier alpha value is -2.08. The van der Waals surface area contributed by atoms with Gasteiger partial charge in [-0.1, -0.05) is 17.7 Å². The van der Waals surface area contributed by atoms with E-state index in [1.165, 1.54) is 11.8 Å². The van der Waals surface area contributed by atoms with E-state index in [0.29, 0.717) is 36.9 Å². The number of carbonyl (C=O) groups excluding carboxylic acids is 3. The van der Waals surface area contributed by atoms with Crippen LogP contribution >= 0.6 is 11.6 Å². The summed E-state index contributed by atoms with van der Waals surface area (Å²) in [6, 6.07) is 6.60. The highest BCUT2D eigenvalue weighted by molar-refractivity contribution is 6.39. The van der Waals surface area contributed by atoms with Crippen LogP contribution in [0.2, 0.25) is 5.02 Å². The lowest BCUT2D eigenvalue weighted by Gasteiger charge is -2.33. The molecule has 7 heteroatoms. The van der Waals surface area contributed by atoms with Gasteiger partial charge in [0.2, 0.25) is 5.91 Å². The van der Waals surface area contributed by atoms with Crippen molar-refractivity contribution in [3.63, 3.8) is 0 Å². The van der Waals surface area contributed by atoms with E-state index in [0.717, 1.165) is 0 Å². The fraction of sp³-hybridized carbons (Fsp3) is 0.357. The number of benzene rings is 1. The average molecular weight is 310 g/mol. The maximum Gasteiger partial charge on any atom is 0.313 e. The molecule has 1 aliphatic heterocycles. The molecule has 1 saturated heterocycles. The topological polar surface area (TPSA) is 69.7 Å². The Morgan fingerprint density at radius 2 is 1.71 bits per heavy atom. The molecule has 0 spiro atoms. The van der Waals surface area contributed by atoms with Crippen molar-refractivity contribution in [1.29, 1.82) is 0 Å². The van der Waals surface area contributed by atoms with Crippen LogP contribution in [0.5, 0.6) is 0 Å². The fourth-order valence-electron chi connectivity index (χ4n) is 2.12. The number of halogens is 1. The molecule has 0 aromatic heterocycles. The summed E-state index contributed by atoms with van der Waals surface area (Å²) in [5, 5.41) is 3.00. The highest BCUT2D eigenvalue weighted by Crippen LogP contribution is 2.15. The van der Waals surface area contributed by atoms with Gasteiger partial charge in [0.25, 0.3) is 0 Å². The highest BCUT2D eigenvalue weighted by Gasteiger charge is 2.26. The predicted molar refractivity (Wildman–Crippen MR) is 78.9 cm³/mol. The lowest BCUT2D eigenvalue weighted by molar-refractivity contribution is -0.145. The second kappa shape index (κ2) is 6.58. The van der Waals surface area contributed by atoms with Crippen LogP contribution in [-0.4, -0.2) is 53.7 Å². The highest BCUT2D eigenvalue weighted by atomic mass is 35.5. The standard InChI is InChI=1S/C14H16ClN3O3/c1-10(19)17-5-7-18(8-6-17)14(21)13(20)16-12-4-2-3-11(15)9-12/h2-4,9H,5-8H2,1H3,(H,16,20). The maximum absolute atomic E-state index is 12.0. The van der Waals surface area contributed by atoms with Crippen molar-refractivity contribution in [3.8, 4) is 0 Å². The van der Waals surface area contributed by atoms with E-state index in [9.17, 15) is 14.4 Å². The Labute approximate surface area is 127 Å². The van der Waals surface area contributed by atoms with Crippen LogP contribution < -0.4 is 5.32 Å². The molecule has 0 radical (unpaired) electrons. The summed E-state index contributed by atoms with van der Waals surface area (Å²) in [5.74, 6) is -1.32. The minimum absolute atomic E-state index is 0.0227. The largest absolute Gasteiger partial charge is 0.339 e. The van der Waals surface area contributed by atoms with Gasteiger partial charge >= 0.3 is 11.8 Å². The summed E-state index contributed by atoms with van der Waals surface area (Å²) in [6.07, 6.45) is 0. The van der Waals surface area contributed by atoms with E-state index in [1.54, 1.807) is 29.2 Å². The van der Waals surface area contributed by atoms with E-state index in [-0.39, 0.29) is 5.91 Å². The van der Waals surface area contributed by atoms with Gasteiger partial charge < -0.3 is 15.1 Å². The Balaban J connectivity index is 1.91. The first-order chi connectivity index (χ1) is 9.97. The average Bonchev–Trinajstić information content (AvgIpc) is 2.46. The van der Waals surface area contributed by atoms with E-state index in [2.05, 4.69) is 5.32 Å². The van der Waals surface area contributed by atoms with E-state index in [4.69, 9.17) is 11.6 Å². The monoisotopic (exact) mass is 309 g/mol. The number of piperazine rings is 1. The van der Waals surface area contributed by atoms with Gasteiger partial charge in [0.15, 0.2) is 0 Å². The molecular formula is C14H16ClN3O3. The van der Waals surface area contributed by atoms with Crippen LogP contribution in [0.3, 0.4) is 0 Å². The van der Waals surface area contributed by atoms with Gasteiger partial charge in [-0.25, -0.2) is 0 Å². The van der Waals surface area contributed by atoms with Gasteiger partial charge in [-0.05, 0) is 18.2 Å². The zero-order chi connectivity index (χ0) is 15.4. The van der Waals surface area contributed by atoms with Crippen LogP contribution in [0.1, 0.15) is 6.92 Å². The summed E-state index contributed by atoms with van der Waals surface area (Å²) < 4.78 is 0. The minimum atomic E-state index is -0.700. The molecule has 1 aromatic rings. The molecule has 0 unspecified atom stereocenters. The number of amides is 3.